The summed E-state index contributed by atoms with van der Waals surface area (Å²) >= 11 is 6.00. The SMILES string of the molecule is Cn1ccc(-c2nc(Cl)nc(N3CCCCC3)n2)n1. The quantitative estimate of drug-likeness (QED) is 0.840. The van der Waals surface area contributed by atoms with E-state index >= 15 is 0 Å². The van der Waals surface area contributed by atoms with E-state index < -0.39 is 0 Å². The van der Waals surface area contributed by atoms with Crippen molar-refractivity contribution < 1.29 is 0 Å². The highest BCUT2D eigenvalue weighted by Gasteiger charge is 2.17. The van der Waals surface area contributed by atoms with Gasteiger partial charge < -0.3 is 4.90 Å². The number of piperidine rings is 1. The molecule has 1 aliphatic rings. The fourth-order valence-electron chi connectivity index (χ4n) is 2.22. The number of aromatic nitrogens is 5. The second-order valence-corrected chi connectivity index (χ2v) is 4.99. The average molecular weight is 279 g/mol. The van der Waals surface area contributed by atoms with Crippen molar-refractivity contribution in [3.8, 4) is 11.5 Å². The van der Waals surface area contributed by atoms with Crippen LogP contribution < -0.4 is 4.90 Å². The highest BCUT2D eigenvalue weighted by Crippen LogP contribution is 2.20. The summed E-state index contributed by atoms with van der Waals surface area (Å²) in [5.41, 5.74) is 0.713. The normalized spacial score (nSPS) is 15.8. The van der Waals surface area contributed by atoms with Crippen LogP contribution in [0, 0.1) is 0 Å². The number of anilines is 1. The Hall–Kier alpha value is -1.69. The molecule has 0 unspecified atom stereocenters. The summed E-state index contributed by atoms with van der Waals surface area (Å²) < 4.78 is 1.72. The third kappa shape index (κ3) is 2.68. The Morgan fingerprint density at radius 3 is 2.58 bits per heavy atom. The molecule has 3 rings (SSSR count). The molecule has 7 heteroatoms. The third-order valence-corrected chi connectivity index (χ3v) is 3.35. The topological polar surface area (TPSA) is 59.7 Å². The van der Waals surface area contributed by atoms with Crippen LogP contribution in [0.4, 0.5) is 5.95 Å². The lowest BCUT2D eigenvalue weighted by Crippen LogP contribution is -2.31. The molecule has 0 aliphatic carbocycles. The molecule has 0 radical (unpaired) electrons. The average Bonchev–Trinajstić information content (AvgIpc) is 2.86. The van der Waals surface area contributed by atoms with Crippen LogP contribution in [0.1, 0.15) is 19.3 Å². The summed E-state index contributed by atoms with van der Waals surface area (Å²) in [6, 6.07) is 1.87. The zero-order chi connectivity index (χ0) is 13.2. The molecule has 19 heavy (non-hydrogen) atoms. The van der Waals surface area contributed by atoms with Crippen molar-refractivity contribution in [2.45, 2.75) is 19.3 Å². The summed E-state index contributed by atoms with van der Waals surface area (Å²) in [7, 11) is 1.86. The van der Waals surface area contributed by atoms with Crippen molar-refractivity contribution in [3.05, 3.63) is 17.5 Å². The van der Waals surface area contributed by atoms with Gasteiger partial charge in [0.05, 0.1) is 0 Å². The number of hydrogen-bond donors (Lipinski definition) is 0. The molecule has 0 aromatic carbocycles. The number of rotatable bonds is 2. The molecular formula is C12H15ClN6. The van der Waals surface area contributed by atoms with Gasteiger partial charge >= 0.3 is 0 Å². The predicted octanol–water partition coefficient (Wildman–Crippen LogP) is 1.92. The van der Waals surface area contributed by atoms with Gasteiger partial charge in [0.25, 0.3) is 0 Å². The second kappa shape index (κ2) is 5.13. The standard InChI is InChI=1S/C12H15ClN6/c1-18-8-5-9(17-18)10-14-11(13)16-12(15-10)19-6-3-2-4-7-19/h5,8H,2-4,6-7H2,1H3. The molecule has 2 aromatic rings. The van der Waals surface area contributed by atoms with Crippen molar-refractivity contribution in [3.63, 3.8) is 0 Å². The molecule has 0 atom stereocenters. The van der Waals surface area contributed by atoms with Gasteiger partial charge in [-0.2, -0.15) is 20.1 Å². The van der Waals surface area contributed by atoms with Crippen molar-refractivity contribution in [2.75, 3.05) is 18.0 Å². The van der Waals surface area contributed by atoms with Gasteiger partial charge in [0.15, 0.2) is 5.82 Å². The van der Waals surface area contributed by atoms with E-state index in [4.69, 9.17) is 11.6 Å². The van der Waals surface area contributed by atoms with Crippen molar-refractivity contribution in [1.29, 1.82) is 0 Å². The Balaban J connectivity index is 1.95. The maximum Gasteiger partial charge on any atom is 0.230 e. The van der Waals surface area contributed by atoms with Crippen LogP contribution in [-0.4, -0.2) is 37.8 Å². The third-order valence-electron chi connectivity index (χ3n) is 3.18. The molecule has 2 aromatic heterocycles. The number of hydrogen-bond acceptors (Lipinski definition) is 5. The lowest BCUT2D eigenvalue weighted by Gasteiger charge is -2.26. The summed E-state index contributed by atoms with van der Waals surface area (Å²) in [5, 5.41) is 4.51. The van der Waals surface area contributed by atoms with Gasteiger partial charge in [0.1, 0.15) is 5.69 Å². The first-order chi connectivity index (χ1) is 9.22. The summed E-state index contributed by atoms with van der Waals surface area (Å²) in [4.78, 5) is 15.0. The van der Waals surface area contributed by atoms with Crippen LogP contribution in [0.15, 0.2) is 12.3 Å². The fraction of sp³-hybridized carbons (Fsp3) is 0.500. The van der Waals surface area contributed by atoms with E-state index in [0.717, 1.165) is 13.1 Å². The lowest BCUT2D eigenvalue weighted by atomic mass is 10.1. The van der Waals surface area contributed by atoms with Crippen LogP contribution in [0.25, 0.3) is 11.5 Å². The van der Waals surface area contributed by atoms with Gasteiger partial charge in [0, 0.05) is 26.3 Å². The van der Waals surface area contributed by atoms with Crippen LogP contribution in [0.3, 0.4) is 0 Å². The minimum atomic E-state index is 0.219. The van der Waals surface area contributed by atoms with Crippen molar-refractivity contribution in [1.82, 2.24) is 24.7 Å². The molecule has 6 nitrogen and oxygen atoms in total. The minimum absolute atomic E-state index is 0.219. The zero-order valence-electron chi connectivity index (χ0n) is 10.8. The number of halogens is 1. The summed E-state index contributed by atoms with van der Waals surface area (Å²) in [6.07, 6.45) is 5.46. The van der Waals surface area contributed by atoms with Gasteiger partial charge in [0.2, 0.25) is 11.2 Å². The number of nitrogens with zero attached hydrogens (tertiary/aromatic N) is 6. The molecule has 1 fully saturated rings. The smallest absolute Gasteiger partial charge is 0.230 e. The van der Waals surface area contributed by atoms with Gasteiger partial charge in [-0.3, -0.25) is 4.68 Å². The van der Waals surface area contributed by atoms with E-state index in [9.17, 15) is 0 Å². The minimum Gasteiger partial charge on any atom is -0.341 e. The Morgan fingerprint density at radius 1 is 1.11 bits per heavy atom. The van der Waals surface area contributed by atoms with Crippen LogP contribution in [-0.2, 0) is 7.05 Å². The van der Waals surface area contributed by atoms with E-state index in [2.05, 4.69) is 25.0 Å². The molecule has 0 N–H and O–H groups in total. The van der Waals surface area contributed by atoms with E-state index in [1.165, 1.54) is 19.3 Å². The fourth-order valence-corrected chi connectivity index (χ4v) is 2.38. The maximum atomic E-state index is 6.00. The van der Waals surface area contributed by atoms with E-state index in [1.54, 1.807) is 4.68 Å². The molecular weight excluding hydrogens is 264 g/mol. The summed E-state index contributed by atoms with van der Waals surface area (Å²) in [5.74, 6) is 1.18. The molecule has 1 saturated heterocycles. The van der Waals surface area contributed by atoms with Crippen molar-refractivity contribution in [2.24, 2.45) is 7.05 Å². The van der Waals surface area contributed by atoms with Crippen LogP contribution >= 0.6 is 11.6 Å². The Bertz CT molecular complexity index is 575. The Kier molecular flexibility index (Phi) is 3.33. The molecule has 0 bridgehead atoms. The molecule has 0 amide bonds. The Morgan fingerprint density at radius 2 is 1.89 bits per heavy atom. The van der Waals surface area contributed by atoms with Gasteiger partial charge in [-0.1, -0.05) is 0 Å². The monoisotopic (exact) mass is 278 g/mol. The first-order valence-electron chi connectivity index (χ1n) is 6.39. The van der Waals surface area contributed by atoms with Gasteiger partial charge in [-0.25, -0.2) is 0 Å². The summed E-state index contributed by atoms with van der Waals surface area (Å²) in [6.45, 7) is 1.95. The largest absolute Gasteiger partial charge is 0.341 e. The highest BCUT2D eigenvalue weighted by atomic mass is 35.5. The molecule has 3 heterocycles. The lowest BCUT2D eigenvalue weighted by molar-refractivity contribution is 0.567. The van der Waals surface area contributed by atoms with Gasteiger partial charge in [-0.15, -0.1) is 0 Å². The predicted molar refractivity (Wildman–Crippen MR) is 73.1 cm³/mol. The first kappa shape index (κ1) is 12.3. The molecule has 0 saturated carbocycles. The van der Waals surface area contributed by atoms with E-state index in [0.29, 0.717) is 17.5 Å². The zero-order valence-corrected chi connectivity index (χ0v) is 11.5. The first-order valence-corrected chi connectivity index (χ1v) is 6.77. The van der Waals surface area contributed by atoms with Crippen LogP contribution in [0.5, 0.6) is 0 Å². The van der Waals surface area contributed by atoms with Gasteiger partial charge in [-0.05, 0) is 36.9 Å². The van der Waals surface area contributed by atoms with Crippen molar-refractivity contribution >= 4 is 17.5 Å². The number of aryl methyl sites for hydroxylation is 1. The van der Waals surface area contributed by atoms with E-state index in [1.807, 2.05) is 19.3 Å². The Labute approximate surface area is 116 Å². The van der Waals surface area contributed by atoms with Crippen LogP contribution in [0.2, 0.25) is 5.28 Å². The highest BCUT2D eigenvalue weighted by molar-refractivity contribution is 6.28. The maximum absolute atomic E-state index is 6.00. The molecule has 0 spiro atoms. The molecule has 100 valence electrons. The van der Waals surface area contributed by atoms with E-state index in [-0.39, 0.29) is 5.28 Å². The second-order valence-electron chi connectivity index (χ2n) is 4.65. The molecule has 1 aliphatic heterocycles.